The second-order valence-electron chi connectivity index (χ2n) is 7.86. The summed E-state index contributed by atoms with van der Waals surface area (Å²) < 4.78 is 11.1. The van der Waals surface area contributed by atoms with Gasteiger partial charge in [0.2, 0.25) is 5.95 Å². The number of nitrogens with one attached hydrogen (secondary N) is 2. The summed E-state index contributed by atoms with van der Waals surface area (Å²) in [5.41, 5.74) is 2.14. The molecule has 1 aliphatic rings. The highest BCUT2D eigenvalue weighted by molar-refractivity contribution is 5.95. The highest BCUT2D eigenvalue weighted by atomic mass is 16.5. The van der Waals surface area contributed by atoms with Gasteiger partial charge in [-0.1, -0.05) is 30.3 Å². The van der Waals surface area contributed by atoms with Crippen molar-refractivity contribution < 1.29 is 14.3 Å². The third-order valence-corrected chi connectivity index (χ3v) is 5.20. The van der Waals surface area contributed by atoms with E-state index in [1.165, 1.54) is 7.11 Å². The van der Waals surface area contributed by atoms with Crippen LogP contribution in [0.25, 0.3) is 11.4 Å². The van der Waals surface area contributed by atoms with Gasteiger partial charge in [-0.15, -0.1) is 0 Å². The smallest absolute Gasteiger partial charge is 0.321 e. The molecule has 0 saturated heterocycles. The summed E-state index contributed by atoms with van der Waals surface area (Å²) in [5.74, 6) is 2.20. The number of anilines is 2. The summed E-state index contributed by atoms with van der Waals surface area (Å²) in [6.07, 6.45) is 2.10. The molecule has 0 spiro atoms. The number of benzene rings is 3. The first kappa shape index (κ1) is 21.4. The van der Waals surface area contributed by atoms with Crippen LogP contribution in [0.3, 0.4) is 0 Å². The summed E-state index contributed by atoms with van der Waals surface area (Å²) in [4.78, 5) is 25.4. The average molecular weight is 454 g/mol. The van der Waals surface area contributed by atoms with Crippen molar-refractivity contribution in [2.75, 3.05) is 12.4 Å². The lowest BCUT2D eigenvalue weighted by Gasteiger charge is -2.10. The van der Waals surface area contributed by atoms with Crippen LogP contribution >= 0.6 is 0 Å². The highest BCUT2D eigenvalue weighted by Crippen LogP contribution is 2.25. The van der Waals surface area contributed by atoms with Crippen molar-refractivity contribution in [2.24, 2.45) is 0 Å². The lowest BCUT2D eigenvalue weighted by molar-refractivity contribution is 0.0951. The third-order valence-electron chi connectivity index (χ3n) is 5.20. The van der Waals surface area contributed by atoms with E-state index in [-0.39, 0.29) is 11.9 Å². The van der Waals surface area contributed by atoms with E-state index in [1.807, 2.05) is 66.7 Å². The number of carbonyl (C=O) groups excluding carboxylic acids is 1. The molecule has 1 aliphatic carbocycles. The highest BCUT2D eigenvalue weighted by Gasteiger charge is 2.23. The van der Waals surface area contributed by atoms with Gasteiger partial charge in [-0.25, -0.2) is 0 Å². The molecule has 3 aromatic carbocycles. The quantitative estimate of drug-likeness (QED) is 0.388. The van der Waals surface area contributed by atoms with Crippen LogP contribution in [-0.2, 0) is 0 Å². The molecule has 1 amide bonds. The molecule has 2 N–H and O–H groups in total. The molecule has 1 fully saturated rings. The number of nitrogens with zero attached hydrogens (tertiary/aromatic N) is 3. The largest absolute Gasteiger partial charge is 0.467 e. The summed E-state index contributed by atoms with van der Waals surface area (Å²) in [6.45, 7) is 0. The van der Waals surface area contributed by atoms with Gasteiger partial charge in [-0.3, -0.25) is 4.79 Å². The molecule has 8 nitrogen and oxygen atoms in total. The number of methoxy groups -OCH3 is 1. The molecule has 34 heavy (non-hydrogen) atoms. The molecule has 4 aromatic rings. The molecular weight excluding hydrogens is 430 g/mol. The lowest BCUT2D eigenvalue weighted by Crippen LogP contribution is -2.25. The van der Waals surface area contributed by atoms with Crippen LogP contribution in [0.1, 0.15) is 23.2 Å². The van der Waals surface area contributed by atoms with Gasteiger partial charge in [0.1, 0.15) is 11.5 Å². The van der Waals surface area contributed by atoms with Crippen molar-refractivity contribution in [3.63, 3.8) is 0 Å². The van der Waals surface area contributed by atoms with E-state index in [4.69, 9.17) is 9.47 Å². The first-order valence-electron chi connectivity index (χ1n) is 11.0. The molecule has 5 rings (SSSR count). The molecule has 170 valence electrons. The van der Waals surface area contributed by atoms with Crippen molar-refractivity contribution >= 4 is 17.5 Å². The van der Waals surface area contributed by atoms with Gasteiger partial charge in [-0.2, -0.15) is 15.0 Å². The molecule has 0 radical (unpaired) electrons. The van der Waals surface area contributed by atoms with Crippen molar-refractivity contribution in [1.82, 2.24) is 20.3 Å². The van der Waals surface area contributed by atoms with Crippen LogP contribution < -0.4 is 20.1 Å². The predicted octanol–water partition coefficient (Wildman–Crippen LogP) is 4.98. The van der Waals surface area contributed by atoms with E-state index in [9.17, 15) is 4.79 Å². The average Bonchev–Trinajstić information content (AvgIpc) is 3.70. The molecule has 0 bridgehead atoms. The van der Waals surface area contributed by atoms with Crippen LogP contribution in [0.15, 0.2) is 78.9 Å². The van der Waals surface area contributed by atoms with Crippen molar-refractivity contribution in [1.29, 1.82) is 0 Å². The molecular formula is C26H23N5O3. The van der Waals surface area contributed by atoms with Gasteiger partial charge in [0.15, 0.2) is 5.82 Å². The third kappa shape index (κ3) is 5.29. The first-order valence-corrected chi connectivity index (χ1v) is 11.0. The molecule has 0 aliphatic heterocycles. The van der Waals surface area contributed by atoms with E-state index in [2.05, 4.69) is 25.6 Å². The van der Waals surface area contributed by atoms with E-state index >= 15 is 0 Å². The monoisotopic (exact) mass is 453 g/mol. The minimum absolute atomic E-state index is 0.0654. The lowest BCUT2D eigenvalue weighted by atomic mass is 10.1. The Morgan fingerprint density at radius 1 is 0.853 bits per heavy atom. The minimum Gasteiger partial charge on any atom is -0.467 e. The minimum atomic E-state index is -0.0654. The molecule has 1 saturated carbocycles. The topological polar surface area (TPSA) is 98.3 Å². The normalized spacial score (nSPS) is 12.6. The Kier molecular flexibility index (Phi) is 6.03. The van der Waals surface area contributed by atoms with Crippen LogP contribution in [-0.4, -0.2) is 34.0 Å². The maximum Gasteiger partial charge on any atom is 0.321 e. The Labute approximate surface area is 197 Å². The van der Waals surface area contributed by atoms with Gasteiger partial charge in [-0.05, 0) is 61.4 Å². The summed E-state index contributed by atoms with van der Waals surface area (Å²) in [6, 6.07) is 24.7. The van der Waals surface area contributed by atoms with Crippen molar-refractivity contribution in [2.45, 2.75) is 18.9 Å². The SMILES string of the molecule is COc1nc(Nc2ccc(Oc3ccccc3)cc2)nc(-c2ccc(C(=O)NC3CC3)cc2)n1. The molecule has 0 atom stereocenters. The van der Waals surface area contributed by atoms with Crippen LogP contribution in [0, 0.1) is 0 Å². The van der Waals surface area contributed by atoms with Crippen LogP contribution in [0.4, 0.5) is 11.6 Å². The Hall–Kier alpha value is -4.46. The maximum absolute atomic E-state index is 12.2. The predicted molar refractivity (Wildman–Crippen MR) is 129 cm³/mol. The van der Waals surface area contributed by atoms with E-state index in [0.29, 0.717) is 23.4 Å². The van der Waals surface area contributed by atoms with Crippen molar-refractivity contribution in [3.05, 3.63) is 84.4 Å². The fourth-order valence-electron chi connectivity index (χ4n) is 3.26. The Balaban J connectivity index is 1.31. The number of hydrogen-bond acceptors (Lipinski definition) is 7. The van der Waals surface area contributed by atoms with Crippen LogP contribution in [0.5, 0.6) is 17.5 Å². The number of aromatic nitrogens is 3. The number of rotatable bonds is 8. The number of hydrogen-bond donors (Lipinski definition) is 2. The number of amides is 1. The van der Waals surface area contributed by atoms with Gasteiger partial charge in [0.25, 0.3) is 5.91 Å². The van der Waals surface area contributed by atoms with Gasteiger partial charge in [0, 0.05) is 22.9 Å². The fourth-order valence-corrected chi connectivity index (χ4v) is 3.26. The number of ether oxygens (including phenoxy) is 2. The Morgan fingerprint density at radius 3 is 2.24 bits per heavy atom. The summed E-state index contributed by atoms with van der Waals surface area (Å²) >= 11 is 0. The van der Waals surface area contributed by atoms with Gasteiger partial charge in [0.05, 0.1) is 7.11 Å². The molecule has 0 unspecified atom stereocenters. The van der Waals surface area contributed by atoms with Gasteiger partial charge < -0.3 is 20.1 Å². The first-order chi connectivity index (χ1) is 16.7. The number of carbonyl (C=O) groups is 1. The zero-order valence-corrected chi connectivity index (χ0v) is 18.6. The van der Waals surface area contributed by atoms with E-state index < -0.39 is 0 Å². The molecule has 1 aromatic heterocycles. The Morgan fingerprint density at radius 2 is 1.56 bits per heavy atom. The second-order valence-corrected chi connectivity index (χ2v) is 7.86. The summed E-state index contributed by atoms with van der Waals surface area (Å²) in [5, 5.41) is 6.16. The van der Waals surface area contributed by atoms with E-state index in [0.717, 1.165) is 35.6 Å². The van der Waals surface area contributed by atoms with Gasteiger partial charge >= 0.3 is 6.01 Å². The zero-order valence-electron chi connectivity index (χ0n) is 18.6. The fraction of sp³-hybridized carbons (Fsp3) is 0.154. The van der Waals surface area contributed by atoms with Crippen LogP contribution in [0.2, 0.25) is 0 Å². The number of para-hydroxylation sites is 1. The zero-order chi connectivity index (χ0) is 23.3. The standard InChI is InChI=1S/C26H23N5O3/c1-33-26-30-23(17-7-9-18(10-8-17)24(32)27-19-11-12-19)29-25(31-26)28-20-13-15-22(16-14-20)34-21-5-3-2-4-6-21/h2-10,13-16,19H,11-12H2,1H3,(H,27,32)(H,28,29,30,31). The van der Waals surface area contributed by atoms with E-state index in [1.54, 1.807) is 12.1 Å². The maximum atomic E-state index is 12.2. The second kappa shape index (κ2) is 9.58. The van der Waals surface area contributed by atoms with Crippen molar-refractivity contribution in [3.8, 4) is 28.9 Å². The Bertz CT molecular complexity index is 1270. The summed E-state index contributed by atoms with van der Waals surface area (Å²) in [7, 11) is 1.50. The molecule has 8 heteroatoms. The molecule has 1 heterocycles.